The lowest BCUT2D eigenvalue weighted by Crippen LogP contribution is -2.38. The molecule has 1 saturated carbocycles. The molecule has 1 aliphatic carbocycles. The summed E-state index contributed by atoms with van der Waals surface area (Å²) in [5.41, 5.74) is 1.46. The van der Waals surface area contributed by atoms with Crippen LogP contribution in [0.1, 0.15) is 24.3 Å². The number of carbonyl (C=O) groups is 2. The summed E-state index contributed by atoms with van der Waals surface area (Å²) < 4.78 is 5.61. The molecular weight excluding hydrogens is 304 g/mol. The molecule has 7 heteroatoms. The number of hydrogen-bond donors (Lipinski definition) is 1. The Bertz CT molecular complexity index is 688. The van der Waals surface area contributed by atoms with Crippen LogP contribution < -0.4 is 0 Å². The third kappa shape index (κ3) is 3.19. The summed E-state index contributed by atoms with van der Waals surface area (Å²) in [4.78, 5) is 29.1. The third-order valence-corrected chi connectivity index (χ3v) is 4.28. The van der Waals surface area contributed by atoms with E-state index in [0.29, 0.717) is 17.3 Å². The summed E-state index contributed by atoms with van der Waals surface area (Å²) in [7, 11) is 0. The van der Waals surface area contributed by atoms with Crippen LogP contribution in [-0.4, -0.2) is 39.5 Å². The van der Waals surface area contributed by atoms with E-state index in [-0.39, 0.29) is 24.9 Å². The molecule has 1 aliphatic rings. The number of aromatic nitrogens is 1. The van der Waals surface area contributed by atoms with Gasteiger partial charge >= 0.3 is 5.97 Å². The molecule has 2 heterocycles. The molecule has 1 N–H and O–H groups in total. The van der Waals surface area contributed by atoms with E-state index in [9.17, 15) is 9.59 Å². The lowest BCUT2D eigenvalue weighted by Gasteiger charge is -2.19. The maximum absolute atomic E-state index is 12.4. The van der Waals surface area contributed by atoms with Gasteiger partial charge in [0.05, 0.1) is 12.1 Å². The van der Waals surface area contributed by atoms with Gasteiger partial charge in [-0.15, -0.1) is 0 Å². The summed E-state index contributed by atoms with van der Waals surface area (Å²) >= 11 is 1.55. The molecule has 0 aromatic carbocycles. The summed E-state index contributed by atoms with van der Waals surface area (Å²) in [5, 5.41) is 12.8. The van der Waals surface area contributed by atoms with Crippen LogP contribution in [0.25, 0.3) is 11.5 Å². The summed E-state index contributed by atoms with van der Waals surface area (Å²) in [5.74, 6) is -0.104. The van der Waals surface area contributed by atoms with Crippen LogP contribution in [0, 0.1) is 6.92 Å². The molecule has 3 rings (SSSR count). The molecule has 0 bridgehead atoms. The number of carboxylic acid groups (broad SMARTS) is 1. The van der Waals surface area contributed by atoms with Crippen molar-refractivity contribution < 1.29 is 19.1 Å². The van der Waals surface area contributed by atoms with E-state index in [0.717, 1.165) is 18.4 Å². The fraction of sp³-hybridized carbons (Fsp3) is 0.400. The Morgan fingerprint density at radius 3 is 2.86 bits per heavy atom. The average Bonchev–Trinajstić information content (AvgIpc) is 3.02. The Morgan fingerprint density at radius 1 is 1.50 bits per heavy atom. The molecule has 0 unspecified atom stereocenters. The van der Waals surface area contributed by atoms with Crippen LogP contribution in [0.15, 0.2) is 21.2 Å². The number of oxazole rings is 1. The monoisotopic (exact) mass is 320 g/mol. The third-order valence-electron chi connectivity index (χ3n) is 3.59. The van der Waals surface area contributed by atoms with Crippen molar-refractivity contribution in [2.24, 2.45) is 0 Å². The van der Waals surface area contributed by atoms with Gasteiger partial charge in [0.2, 0.25) is 11.8 Å². The van der Waals surface area contributed by atoms with Crippen molar-refractivity contribution >= 4 is 23.2 Å². The zero-order valence-electron chi connectivity index (χ0n) is 12.1. The van der Waals surface area contributed by atoms with Gasteiger partial charge in [-0.05, 0) is 31.2 Å². The first-order valence-corrected chi connectivity index (χ1v) is 7.99. The molecule has 2 aromatic heterocycles. The zero-order valence-corrected chi connectivity index (χ0v) is 12.9. The lowest BCUT2D eigenvalue weighted by atomic mass is 10.2. The minimum absolute atomic E-state index is 0.0622. The van der Waals surface area contributed by atoms with E-state index in [1.54, 1.807) is 18.3 Å². The van der Waals surface area contributed by atoms with Crippen molar-refractivity contribution in [3.63, 3.8) is 0 Å². The van der Waals surface area contributed by atoms with Gasteiger partial charge < -0.3 is 14.4 Å². The van der Waals surface area contributed by atoms with Crippen LogP contribution in [0.2, 0.25) is 0 Å². The number of carboxylic acids is 1. The Labute approximate surface area is 131 Å². The van der Waals surface area contributed by atoms with Crippen LogP contribution in [0.5, 0.6) is 0 Å². The van der Waals surface area contributed by atoms with Gasteiger partial charge in [-0.1, -0.05) is 0 Å². The topological polar surface area (TPSA) is 83.6 Å². The highest BCUT2D eigenvalue weighted by Crippen LogP contribution is 2.28. The fourth-order valence-corrected chi connectivity index (χ4v) is 2.93. The van der Waals surface area contributed by atoms with Crippen molar-refractivity contribution in [3.05, 3.63) is 28.3 Å². The first-order chi connectivity index (χ1) is 10.5. The van der Waals surface area contributed by atoms with E-state index >= 15 is 0 Å². The van der Waals surface area contributed by atoms with Crippen molar-refractivity contribution in [2.45, 2.75) is 32.2 Å². The minimum atomic E-state index is -0.990. The predicted molar refractivity (Wildman–Crippen MR) is 80.6 cm³/mol. The second kappa shape index (κ2) is 5.92. The predicted octanol–water partition coefficient (Wildman–Crippen LogP) is 2.33. The Balaban J connectivity index is 1.74. The molecule has 0 aliphatic heterocycles. The number of aliphatic carboxylic acids is 1. The lowest BCUT2D eigenvalue weighted by molar-refractivity contribution is -0.144. The molecule has 22 heavy (non-hydrogen) atoms. The van der Waals surface area contributed by atoms with E-state index in [2.05, 4.69) is 4.98 Å². The second-order valence-electron chi connectivity index (χ2n) is 5.36. The van der Waals surface area contributed by atoms with E-state index in [4.69, 9.17) is 9.52 Å². The maximum Gasteiger partial charge on any atom is 0.323 e. The molecule has 0 spiro atoms. The Hall–Kier alpha value is -2.15. The highest BCUT2D eigenvalue weighted by Gasteiger charge is 2.34. The smallest absolute Gasteiger partial charge is 0.323 e. The fourth-order valence-electron chi connectivity index (χ4n) is 2.30. The van der Waals surface area contributed by atoms with Crippen molar-refractivity contribution in [2.75, 3.05) is 6.54 Å². The minimum Gasteiger partial charge on any atom is -0.480 e. The van der Waals surface area contributed by atoms with Crippen LogP contribution in [0.4, 0.5) is 0 Å². The van der Waals surface area contributed by atoms with Crippen molar-refractivity contribution in [3.8, 4) is 11.5 Å². The standard InChI is InChI=1S/C15H16N2O4S/c1-9-12(16-15(21-9)10-4-5-22-8-10)6-13(18)17(7-14(19)20)11-2-3-11/h4-5,8,11H,2-3,6-7H2,1H3,(H,19,20). The number of amides is 1. The summed E-state index contributed by atoms with van der Waals surface area (Å²) in [6.07, 6.45) is 1.82. The van der Waals surface area contributed by atoms with Crippen LogP contribution in [0.3, 0.4) is 0 Å². The molecule has 0 saturated heterocycles. The van der Waals surface area contributed by atoms with Gasteiger partial charge in [0.1, 0.15) is 12.3 Å². The highest BCUT2D eigenvalue weighted by atomic mass is 32.1. The maximum atomic E-state index is 12.4. The van der Waals surface area contributed by atoms with Gasteiger partial charge in [-0.2, -0.15) is 11.3 Å². The Kier molecular flexibility index (Phi) is 3.98. The number of carbonyl (C=O) groups excluding carboxylic acids is 1. The van der Waals surface area contributed by atoms with E-state index in [1.807, 2.05) is 16.8 Å². The normalized spacial score (nSPS) is 14.0. The molecule has 6 nitrogen and oxygen atoms in total. The number of rotatable bonds is 6. The molecule has 0 radical (unpaired) electrons. The van der Waals surface area contributed by atoms with E-state index < -0.39 is 5.97 Å². The van der Waals surface area contributed by atoms with Gasteiger partial charge in [-0.25, -0.2) is 4.98 Å². The SMILES string of the molecule is Cc1oc(-c2ccsc2)nc1CC(=O)N(CC(=O)O)C1CC1. The largest absolute Gasteiger partial charge is 0.480 e. The molecule has 0 atom stereocenters. The van der Waals surface area contributed by atoms with Gasteiger partial charge in [0.25, 0.3) is 0 Å². The molecule has 2 aromatic rings. The quantitative estimate of drug-likeness (QED) is 0.883. The van der Waals surface area contributed by atoms with Crippen molar-refractivity contribution in [1.82, 2.24) is 9.88 Å². The Morgan fingerprint density at radius 2 is 2.27 bits per heavy atom. The summed E-state index contributed by atoms with van der Waals surface area (Å²) in [6.45, 7) is 1.52. The highest BCUT2D eigenvalue weighted by molar-refractivity contribution is 7.08. The summed E-state index contributed by atoms with van der Waals surface area (Å²) in [6, 6.07) is 1.97. The first kappa shape index (κ1) is 14.8. The number of aryl methyl sites for hydroxylation is 1. The molecule has 1 fully saturated rings. The van der Waals surface area contributed by atoms with Gasteiger partial charge in [-0.3, -0.25) is 9.59 Å². The molecule has 116 valence electrons. The number of thiophene rings is 1. The van der Waals surface area contributed by atoms with Gasteiger partial charge in [0.15, 0.2) is 0 Å². The number of nitrogens with zero attached hydrogens (tertiary/aromatic N) is 2. The van der Waals surface area contributed by atoms with Crippen LogP contribution >= 0.6 is 11.3 Å². The first-order valence-electron chi connectivity index (χ1n) is 7.04. The van der Waals surface area contributed by atoms with Gasteiger partial charge in [0, 0.05) is 17.0 Å². The van der Waals surface area contributed by atoms with E-state index in [1.165, 1.54) is 4.90 Å². The molecule has 1 amide bonds. The zero-order chi connectivity index (χ0) is 15.7. The molecular formula is C15H16N2O4S. The number of hydrogen-bond acceptors (Lipinski definition) is 5. The van der Waals surface area contributed by atoms with Crippen molar-refractivity contribution in [1.29, 1.82) is 0 Å². The van der Waals surface area contributed by atoms with Crippen LogP contribution in [-0.2, 0) is 16.0 Å². The second-order valence-corrected chi connectivity index (χ2v) is 6.14. The average molecular weight is 320 g/mol.